The molecule has 0 aliphatic rings. The average Bonchev–Trinajstić information content (AvgIpc) is 2.65. The fraction of sp³-hybridized carbons (Fsp3) is 0. The van der Waals surface area contributed by atoms with Crippen LogP contribution in [-0.2, 0) is 0 Å². The van der Waals surface area contributed by atoms with Gasteiger partial charge in [0, 0.05) is 6.07 Å². The number of benzene rings is 1. The van der Waals surface area contributed by atoms with Crippen molar-refractivity contribution in [3.8, 4) is 10.4 Å². The van der Waals surface area contributed by atoms with E-state index < -0.39 is 0 Å². The second kappa shape index (κ2) is 4.18. The van der Waals surface area contributed by atoms with Gasteiger partial charge in [-0.1, -0.05) is 45.0 Å². The van der Waals surface area contributed by atoms with Crippen LogP contribution in [0.3, 0.4) is 0 Å². The Balaban J connectivity index is 2.62. The first-order chi connectivity index (χ1) is 7.18. The summed E-state index contributed by atoms with van der Waals surface area (Å²) in [6, 6.07) is 8.49. The van der Waals surface area contributed by atoms with Gasteiger partial charge >= 0.3 is 0 Å². The van der Waals surface area contributed by atoms with Gasteiger partial charge in [0.1, 0.15) is 3.82 Å². The molecule has 1 aromatic heterocycles. The molecule has 0 saturated carbocycles. The van der Waals surface area contributed by atoms with Gasteiger partial charge in [0.2, 0.25) is 0 Å². The first-order valence-corrected chi connectivity index (χ1v) is 6.58. The number of para-hydroxylation sites is 1. The summed E-state index contributed by atoms with van der Waals surface area (Å²) >= 11 is 5.00. The van der Waals surface area contributed by atoms with Crippen LogP contribution < -0.4 is 0 Å². The lowest BCUT2D eigenvalue weighted by atomic mass is 10.1. The smallest absolute Gasteiger partial charge is 0.258 e. The van der Waals surface area contributed by atoms with Gasteiger partial charge in [0.25, 0.3) is 5.69 Å². The zero-order valence-electron chi connectivity index (χ0n) is 7.38. The molecule has 0 atom stereocenters. The quantitative estimate of drug-likeness (QED) is 0.351. The van der Waals surface area contributed by atoms with Gasteiger partial charge < -0.3 is 0 Å². The molecule has 0 N–H and O–H groups in total. The second-order valence-electron chi connectivity index (χ2n) is 2.77. The lowest BCUT2D eigenvalue weighted by Crippen LogP contribution is -1.89. The van der Waals surface area contributed by atoms with Crippen molar-refractivity contribution in [2.45, 2.75) is 0 Å². The van der Waals surface area contributed by atoms with E-state index in [-0.39, 0.29) is 10.6 Å². The highest BCUT2D eigenvalue weighted by atomic mass is 32.9. The molecule has 1 heterocycles. The summed E-state index contributed by atoms with van der Waals surface area (Å²) in [5, 5.41) is 10.8. The monoisotopic (exact) mass is 255 g/mol. The summed E-state index contributed by atoms with van der Waals surface area (Å²) in [7, 11) is 2.92. The molecular weight excluding hydrogens is 250 g/mol. The molecule has 0 amide bonds. The van der Waals surface area contributed by atoms with Crippen LogP contribution in [0.1, 0.15) is 0 Å². The van der Waals surface area contributed by atoms with E-state index in [0.717, 1.165) is 8.70 Å². The molecule has 0 fully saturated rings. The topological polar surface area (TPSA) is 43.1 Å². The van der Waals surface area contributed by atoms with Crippen molar-refractivity contribution in [2.24, 2.45) is 0 Å². The van der Waals surface area contributed by atoms with Gasteiger partial charge in [0.05, 0.1) is 15.4 Å². The van der Waals surface area contributed by atoms with Gasteiger partial charge in [-0.15, -0.1) is 0 Å². The molecule has 6 heteroatoms. The molecule has 3 nitrogen and oxygen atoms in total. The second-order valence-corrected chi connectivity index (χ2v) is 5.68. The zero-order valence-corrected chi connectivity index (χ0v) is 9.82. The summed E-state index contributed by atoms with van der Waals surface area (Å²) in [5.41, 5.74) is 0.765. The number of nitro groups is 1. The van der Waals surface area contributed by atoms with Gasteiger partial charge in [-0.2, -0.15) is 0 Å². The average molecular weight is 255 g/mol. The Labute approximate surface area is 98.2 Å². The lowest BCUT2D eigenvalue weighted by molar-refractivity contribution is -0.384. The first kappa shape index (κ1) is 10.4. The maximum absolute atomic E-state index is 10.8. The van der Waals surface area contributed by atoms with Gasteiger partial charge in [-0.3, -0.25) is 10.1 Å². The molecule has 2 aromatic rings. The molecule has 2 rings (SSSR count). The molecule has 0 spiro atoms. The Bertz CT molecular complexity index is 558. The largest absolute Gasteiger partial charge is 0.278 e. The van der Waals surface area contributed by atoms with Crippen LogP contribution >= 0.6 is 32.9 Å². The third-order valence-corrected chi connectivity index (χ3v) is 4.72. The van der Waals surface area contributed by atoms with Gasteiger partial charge in [-0.05, 0) is 12.1 Å². The minimum atomic E-state index is -0.372. The molecular formula is C9H5NO2S3. The molecule has 15 heavy (non-hydrogen) atoms. The van der Waals surface area contributed by atoms with Crippen LogP contribution in [0.5, 0.6) is 0 Å². The summed E-state index contributed by atoms with van der Waals surface area (Å²) in [5.74, 6) is 0. The summed E-state index contributed by atoms with van der Waals surface area (Å²) < 4.78 is 0.758. The molecule has 0 saturated heterocycles. The molecule has 0 aliphatic heterocycles. The highest BCUT2D eigenvalue weighted by molar-refractivity contribution is 7.80. The Kier molecular flexibility index (Phi) is 2.90. The summed E-state index contributed by atoms with van der Waals surface area (Å²) in [6.07, 6.45) is 0. The van der Waals surface area contributed by atoms with Crippen molar-refractivity contribution < 1.29 is 4.92 Å². The maximum Gasteiger partial charge on any atom is 0.278 e. The van der Waals surface area contributed by atoms with E-state index in [1.807, 2.05) is 0 Å². The Morgan fingerprint density at radius 2 is 2.00 bits per heavy atom. The van der Waals surface area contributed by atoms with Crippen molar-refractivity contribution in [2.75, 3.05) is 0 Å². The van der Waals surface area contributed by atoms with Crippen LogP contribution in [0.15, 0.2) is 30.3 Å². The number of hydrogen-bond acceptors (Lipinski definition) is 5. The Hall–Kier alpha value is -1.11. The predicted octanol–water partition coefficient (Wildman–Crippen LogP) is 4.11. The molecule has 1 aromatic carbocycles. The normalized spacial score (nSPS) is 10.1. The van der Waals surface area contributed by atoms with E-state index >= 15 is 0 Å². The molecule has 76 valence electrons. The minimum absolute atomic E-state index is 0.126. The van der Waals surface area contributed by atoms with Crippen molar-refractivity contribution in [1.82, 2.24) is 0 Å². The van der Waals surface area contributed by atoms with E-state index in [2.05, 4.69) is 0 Å². The molecule has 0 aliphatic carbocycles. The van der Waals surface area contributed by atoms with Gasteiger partial charge in [-0.25, -0.2) is 0 Å². The van der Waals surface area contributed by atoms with E-state index in [0.29, 0.717) is 5.56 Å². The van der Waals surface area contributed by atoms with Crippen molar-refractivity contribution in [3.63, 3.8) is 0 Å². The van der Waals surface area contributed by atoms with Crippen LogP contribution in [0.25, 0.3) is 10.4 Å². The lowest BCUT2D eigenvalue weighted by Gasteiger charge is -1.97. The number of hydrogen-bond donors (Lipinski definition) is 0. The fourth-order valence-corrected chi connectivity index (χ4v) is 3.62. The molecule has 0 unspecified atom stereocenters. The van der Waals surface area contributed by atoms with Crippen LogP contribution in [0.2, 0.25) is 0 Å². The van der Waals surface area contributed by atoms with E-state index in [1.54, 1.807) is 24.3 Å². The SMILES string of the molecule is O=[N+]([O-])c1ccccc1-c1cc(=S)ss1. The van der Waals surface area contributed by atoms with Crippen LogP contribution in [0, 0.1) is 13.9 Å². The third-order valence-electron chi connectivity index (χ3n) is 1.83. The van der Waals surface area contributed by atoms with Crippen molar-refractivity contribution in [1.29, 1.82) is 0 Å². The fourth-order valence-electron chi connectivity index (χ4n) is 1.20. The maximum atomic E-state index is 10.8. The molecule has 0 bridgehead atoms. The minimum Gasteiger partial charge on any atom is -0.258 e. The van der Waals surface area contributed by atoms with E-state index in [4.69, 9.17) is 12.2 Å². The van der Waals surface area contributed by atoms with Crippen molar-refractivity contribution >= 4 is 38.6 Å². The standard InChI is InChI=1S/C9H5NO2S3/c11-10(12)7-4-2-1-3-6(7)8-5-9(13)15-14-8/h1-5H. The molecule has 0 radical (unpaired) electrons. The highest BCUT2D eigenvalue weighted by Crippen LogP contribution is 2.35. The third kappa shape index (κ3) is 2.11. The van der Waals surface area contributed by atoms with E-state index in [9.17, 15) is 10.1 Å². The Morgan fingerprint density at radius 1 is 1.27 bits per heavy atom. The number of nitrogens with zero attached hydrogens (tertiary/aromatic N) is 1. The van der Waals surface area contributed by atoms with E-state index in [1.165, 1.54) is 26.7 Å². The zero-order chi connectivity index (χ0) is 10.8. The summed E-state index contributed by atoms with van der Waals surface area (Å²) in [6.45, 7) is 0. The highest BCUT2D eigenvalue weighted by Gasteiger charge is 2.14. The van der Waals surface area contributed by atoms with Crippen LogP contribution in [-0.4, -0.2) is 4.92 Å². The number of nitro benzene ring substituents is 1. The van der Waals surface area contributed by atoms with Crippen LogP contribution in [0.4, 0.5) is 5.69 Å². The number of rotatable bonds is 2. The van der Waals surface area contributed by atoms with Gasteiger partial charge in [0.15, 0.2) is 0 Å². The summed E-state index contributed by atoms with van der Waals surface area (Å²) in [4.78, 5) is 11.3. The Morgan fingerprint density at radius 3 is 2.60 bits per heavy atom. The van der Waals surface area contributed by atoms with Crippen molar-refractivity contribution in [3.05, 3.63) is 44.3 Å². The predicted molar refractivity (Wildman–Crippen MR) is 65.1 cm³/mol. The first-order valence-electron chi connectivity index (χ1n) is 4.02.